The number of carboxylic acids is 1. The van der Waals surface area contributed by atoms with Crippen LogP contribution in [-0.2, 0) is 16.0 Å². The van der Waals surface area contributed by atoms with E-state index in [4.69, 9.17) is 0 Å². The Morgan fingerprint density at radius 2 is 1.89 bits per heavy atom. The number of benzene rings is 2. The van der Waals surface area contributed by atoms with Crippen molar-refractivity contribution in [1.29, 1.82) is 0 Å². The van der Waals surface area contributed by atoms with Crippen molar-refractivity contribution in [1.82, 2.24) is 4.90 Å². The SMILES string of the molecule is CC(CCc1cccc(F)c1)C(=O)N1C[C@H](C(=O)O)[C@H](c2ccccc2)C1. The number of nitrogens with zero attached hydrogens (tertiary/aromatic N) is 1. The highest BCUT2D eigenvalue weighted by atomic mass is 19.1. The number of aliphatic carboxylic acids is 1. The molecule has 142 valence electrons. The molecule has 4 nitrogen and oxygen atoms in total. The monoisotopic (exact) mass is 369 g/mol. The van der Waals surface area contributed by atoms with Gasteiger partial charge < -0.3 is 10.0 Å². The molecule has 0 saturated carbocycles. The Morgan fingerprint density at radius 3 is 2.56 bits per heavy atom. The number of rotatable bonds is 6. The normalized spacial score (nSPS) is 20.4. The molecule has 2 aromatic carbocycles. The molecule has 1 N–H and O–H groups in total. The lowest BCUT2D eigenvalue weighted by Crippen LogP contribution is -2.34. The molecule has 1 aliphatic rings. The Morgan fingerprint density at radius 1 is 1.15 bits per heavy atom. The van der Waals surface area contributed by atoms with Crippen LogP contribution in [0.1, 0.15) is 30.4 Å². The molecule has 3 rings (SSSR count). The fraction of sp³-hybridized carbons (Fsp3) is 0.364. The molecule has 1 unspecified atom stereocenters. The van der Waals surface area contributed by atoms with Crippen LogP contribution in [0.5, 0.6) is 0 Å². The van der Waals surface area contributed by atoms with Crippen molar-refractivity contribution in [3.63, 3.8) is 0 Å². The number of aryl methyl sites for hydroxylation is 1. The zero-order chi connectivity index (χ0) is 19.4. The summed E-state index contributed by atoms with van der Waals surface area (Å²) in [4.78, 5) is 26.2. The molecule has 1 fully saturated rings. The third-order valence-corrected chi connectivity index (χ3v) is 5.35. The topological polar surface area (TPSA) is 57.6 Å². The summed E-state index contributed by atoms with van der Waals surface area (Å²) in [5.41, 5.74) is 1.81. The molecular weight excluding hydrogens is 345 g/mol. The number of carboxylic acid groups (broad SMARTS) is 1. The van der Waals surface area contributed by atoms with Crippen LogP contribution in [0.4, 0.5) is 4.39 Å². The molecule has 3 atom stereocenters. The van der Waals surface area contributed by atoms with Gasteiger partial charge in [-0.2, -0.15) is 0 Å². The van der Waals surface area contributed by atoms with E-state index in [2.05, 4.69) is 0 Å². The van der Waals surface area contributed by atoms with Crippen LogP contribution in [0.25, 0.3) is 0 Å². The van der Waals surface area contributed by atoms with Gasteiger partial charge in [0.05, 0.1) is 5.92 Å². The van der Waals surface area contributed by atoms with Gasteiger partial charge in [0.25, 0.3) is 0 Å². The molecule has 1 heterocycles. The third kappa shape index (κ3) is 4.54. The van der Waals surface area contributed by atoms with Crippen molar-refractivity contribution in [2.24, 2.45) is 11.8 Å². The van der Waals surface area contributed by atoms with E-state index in [1.807, 2.05) is 43.3 Å². The van der Waals surface area contributed by atoms with Crippen LogP contribution in [0.15, 0.2) is 54.6 Å². The molecule has 0 bridgehead atoms. The molecule has 1 saturated heterocycles. The number of carbonyl (C=O) groups is 2. The van der Waals surface area contributed by atoms with E-state index in [1.165, 1.54) is 12.1 Å². The average molecular weight is 369 g/mol. The summed E-state index contributed by atoms with van der Waals surface area (Å²) in [6.07, 6.45) is 1.22. The fourth-order valence-electron chi connectivity index (χ4n) is 3.78. The number of hydrogen-bond donors (Lipinski definition) is 1. The van der Waals surface area contributed by atoms with E-state index in [-0.39, 0.29) is 30.1 Å². The van der Waals surface area contributed by atoms with Gasteiger partial charge in [-0.05, 0) is 36.1 Å². The number of halogens is 1. The Hall–Kier alpha value is -2.69. The first-order valence-electron chi connectivity index (χ1n) is 9.26. The summed E-state index contributed by atoms with van der Waals surface area (Å²) in [6.45, 7) is 2.51. The fourth-order valence-corrected chi connectivity index (χ4v) is 3.78. The summed E-state index contributed by atoms with van der Waals surface area (Å²) in [6, 6.07) is 15.9. The van der Waals surface area contributed by atoms with Crippen LogP contribution < -0.4 is 0 Å². The number of hydrogen-bond acceptors (Lipinski definition) is 2. The van der Waals surface area contributed by atoms with E-state index in [0.717, 1.165) is 11.1 Å². The van der Waals surface area contributed by atoms with Crippen LogP contribution >= 0.6 is 0 Å². The lowest BCUT2D eigenvalue weighted by Gasteiger charge is -2.21. The highest BCUT2D eigenvalue weighted by molar-refractivity contribution is 5.81. The van der Waals surface area contributed by atoms with Gasteiger partial charge in [0.2, 0.25) is 5.91 Å². The average Bonchev–Trinajstić information content (AvgIpc) is 3.12. The molecule has 0 aliphatic carbocycles. The van der Waals surface area contributed by atoms with Crippen LogP contribution in [-0.4, -0.2) is 35.0 Å². The summed E-state index contributed by atoms with van der Waals surface area (Å²) in [5, 5.41) is 9.59. The van der Waals surface area contributed by atoms with Gasteiger partial charge in [-0.15, -0.1) is 0 Å². The second-order valence-corrected chi connectivity index (χ2v) is 7.27. The molecule has 1 amide bonds. The van der Waals surface area contributed by atoms with Gasteiger partial charge in [-0.25, -0.2) is 4.39 Å². The number of carbonyl (C=O) groups excluding carboxylic acids is 1. The Balaban J connectivity index is 1.64. The molecule has 0 spiro atoms. The quantitative estimate of drug-likeness (QED) is 0.844. The van der Waals surface area contributed by atoms with Gasteiger partial charge in [0.15, 0.2) is 0 Å². The van der Waals surface area contributed by atoms with Gasteiger partial charge in [0.1, 0.15) is 5.82 Å². The smallest absolute Gasteiger partial charge is 0.308 e. The maximum absolute atomic E-state index is 13.3. The van der Waals surface area contributed by atoms with Crippen molar-refractivity contribution >= 4 is 11.9 Å². The van der Waals surface area contributed by atoms with Crippen molar-refractivity contribution in [3.8, 4) is 0 Å². The molecule has 27 heavy (non-hydrogen) atoms. The zero-order valence-electron chi connectivity index (χ0n) is 15.3. The minimum Gasteiger partial charge on any atom is -0.481 e. The van der Waals surface area contributed by atoms with Crippen molar-refractivity contribution in [3.05, 3.63) is 71.5 Å². The predicted octanol–water partition coefficient (Wildman–Crippen LogP) is 3.72. The molecule has 1 aliphatic heterocycles. The summed E-state index contributed by atoms with van der Waals surface area (Å²) < 4.78 is 13.3. The van der Waals surface area contributed by atoms with E-state index < -0.39 is 11.9 Å². The van der Waals surface area contributed by atoms with Crippen LogP contribution in [0.2, 0.25) is 0 Å². The first-order valence-corrected chi connectivity index (χ1v) is 9.26. The Bertz CT molecular complexity index is 808. The summed E-state index contributed by atoms with van der Waals surface area (Å²) in [5.74, 6) is -2.20. The first kappa shape index (κ1) is 19.1. The molecule has 5 heteroatoms. The molecule has 0 aromatic heterocycles. The molecule has 0 radical (unpaired) electrons. The second kappa shape index (κ2) is 8.33. The van der Waals surface area contributed by atoms with Crippen molar-refractivity contribution in [2.45, 2.75) is 25.7 Å². The minimum atomic E-state index is -0.869. The van der Waals surface area contributed by atoms with Crippen molar-refractivity contribution in [2.75, 3.05) is 13.1 Å². The number of amides is 1. The Kier molecular flexibility index (Phi) is 5.89. The van der Waals surface area contributed by atoms with E-state index >= 15 is 0 Å². The van der Waals surface area contributed by atoms with E-state index in [0.29, 0.717) is 19.4 Å². The second-order valence-electron chi connectivity index (χ2n) is 7.27. The third-order valence-electron chi connectivity index (χ3n) is 5.35. The first-order chi connectivity index (χ1) is 13.0. The highest BCUT2D eigenvalue weighted by Crippen LogP contribution is 2.34. The van der Waals surface area contributed by atoms with Gasteiger partial charge in [-0.1, -0.05) is 49.4 Å². The predicted molar refractivity (Wildman–Crippen MR) is 101 cm³/mol. The van der Waals surface area contributed by atoms with Crippen LogP contribution in [0.3, 0.4) is 0 Å². The summed E-state index contributed by atoms with van der Waals surface area (Å²) in [7, 11) is 0. The summed E-state index contributed by atoms with van der Waals surface area (Å²) >= 11 is 0. The van der Waals surface area contributed by atoms with Crippen molar-refractivity contribution < 1.29 is 19.1 Å². The lowest BCUT2D eigenvalue weighted by atomic mass is 9.89. The number of likely N-dealkylation sites (tertiary alicyclic amines) is 1. The van der Waals surface area contributed by atoms with Gasteiger partial charge in [-0.3, -0.25) is 9.59 Å². The van der Waals surface area contributed by atoms with Gasteiger partial charge >= 0.3 is 5.97 Å². The largest absolute Gasteiger partial charge is 0.481 e. The minimum absolute atomic E-state index is 0.0314. The maximum Gasteiger partial charge on any atom is 0.308 e. The van der Waals surface area contributed by atoms with Crippen LogP contribution in [0, 0.1) is 17.7 Å². The van der Waals surface area contributed by atoms with E-state index in [9.17, 15) is 19.1 Å². The van der Waals surface area contributed by atoms with E-state index in [1.54, 1.807) is 11.0 Å². The maximum atomic E-state index is 13.3. The Labute approximate surface area is 158 Å². The zero-order valence-corrected chi connectivity index (χ0v) is 15.3. The highest BCUT2D eigenvalue weighted by Gasteiger charge is 2.41. The lowest BCUT2D eigenvalue weighted by molar-refractivity contribution is -0.142. The standard InChI is InChI=1S/C22H24FNO3/c1-15(10-11-16-6-5-9-18(23)12-16)21(25)24-13-19(20(14-24)22(26)27)17-7-3-2-4-8-17/h2-9,12,15,19-20H,10-11,13-14H2,1H3,(H,26,27)/t15?,19-,20-/m0/s1. The molecule has 2 aromatic rings. The molecular formula is C22H24FNO3. The van der Waals surface area contributed by atoms with Gasteiger partial charge in [0, 0.05) is 24.9 Å².